The molecule has 1 saturated heterocycles. The Kier molecular flexibility index (Phi) is 4.64. The maximum atomic E-state index is 13.4. The van der Waals surface area contributed by atoms with E-state index >= 15 is 0 Å². The molecule has 9 heteroatoms. The number of aliphatic hydroxyl groups is 1. The number of benzene rings is 1. The van der Waals surface area contributed by atoms with Crippen LogP contribution in [0.4, 0.5) is 13.2 Å². The molecule has 0 spiro atoms. The first-order chi connectivity index (χ1) is 13.9. The van der Waals surface area contributed by atoms with Crippen molar-refractivity contribution in [3.8, 4) is 0 Å². The van der Waals surface area contributed by atoms with Gasteiger partial charge in [0, 0.05) is 19.6 Å². The number of ether oxygens (including phenoxy) is 1. The number of likely N-dealkylation sites (tertiary alicyclic amines) is 1. The van der Waals surface area contributed by atoms with Crippen molar-refractivity contribution >= 4 is 0 Å². The van der Waals surface area contributed by atoms with Crippen molar-refractivity contribution in [1.82, 2.24) is 19.7 Å². The Morgan fingerprint density at radius 2 is 1.83 bits per heavy atom. The Morgan fingerprint density at radius 1 is 1.10 bits per heavy atom. The van der Waals surface area contributed by atoms with E-state index in [0.717, 1.165) is 0 Å². The molecule has 3 heterocycles. The number of hydrogen-bond acceptors (Lipinski definition) is 5. The predicted octanol–water partition coefficient (Wildman–Crippen LogP) is 2.94. The van der Waals surface area contributed by atoms with Crippen LogP contribution in [0.5, 0.6) is 0 Å². The standard InChI is InChI=1S/C20H23F3N4O2/c21-20(22,23)16-4-2-1-3-15(16)12-7-13-9-26(10-14(13)8-12)19(28)18-25-24-17-11-29-6-5-27(17)18/h1-4,12-14,19,28H,5-11H2/t12?,13-,14+,19?. The second-order valence-electron chi connectivity index (χ2n) is 8.28. The second-order valence-corrected chi connectivity index (χ2v) is 8.28. The van der Waals surface area contributed by atoms with Crippen LogP contribution in [0.1, 0.15) is 47.8 Å². The van der Waals surface area contributed by atoms with E-state index < -0.39 is 18.0 Å². The van der Waals surface area contributed by atoms with Crippen molar-refractivity contribution in [3.05, 3.63) is 47.0 Å². The summed E-state index contributed by atoms with van der Waals surface area (Å²) in [6.07, 6.45) is -3.74. The molecule has 1 saturated carbocycles. The highest BCUT2D eigenvalue weighted by Crippen LogP contribution is 2.49. The van der Waals surface area contributed by atoms with Crippen LogP contribution in [0.25, 0.3) is 0 Å². The SMILES string of the molecule is OC(c1nnc2n1CCOC2)N1C[C@H]2CC(c3ccccc3C(F)(F)F)C[C@H]2C1. The van der Waals surface area contributed by atoms with Crippen LogP contribution < -0.4 is 0 Å². The lowest BCUT2D eigenvalue weighted by Crippen LogP contribution is -2.31. The zero-order chi connectivity index (χ0) is 20.2. The zero-order valence-corrected chi connectivity index (χ0v) is 15.8. The van der Waals surface area contributed by atoms with Crippen LogP contribution in [0, 0.1) is 11.8 Å². The molecule has 1 N–H and O–H groups in total. The summed E-state index contributed by atoms with van der Waals surface area (Å²) in [7, 11) is 0. The number of alkyl halides is 3. The third kappa shape index (κ3) is 3.35. The van der Waals surface area contributed by atoms with Crippen molar-refractivity contribution in [1.29, 1.82) is 0 Å². The molecular weight excluding hydrogens is 385 g/mol. The highest BCUT2D eigenvalue weighted by molar-refractivity contribution is 5.34. The highest BCUT2D eigenvalue weighted by atomic mass is 19.4. The lowest BCUT2D eigenvalue weighted by molar-refractivity contribution is -0.138. The van der Waals surface area contributed by atoms with Crippen LogP contribution in [0.3, 0.4) is 0 Å². The van der Waals surface area contributed by atoms with Gasteiger partial charge in [-0.05, 0) is 42.2 Å². The van der Waals surface area contributed by atoms with E-state index in [-0.39, 0.29) is 17.8 Å². The second kappa shape index (κ2) is 7.07. The Morgan fingerprint density at radius 3 is 2.55 bits per heavy atom. The van der Waals surface area contributed by atoms with Gasteiger partial charge in [0.05, 0.1) is 12.2 Å². The van der Waals surface area contributed by atoms with Gasteiger partial charge >= 0.3 is 6.18 Å². The number of aliphatic hydroxyl groups excluding tert-OH is 1. The maximum Gasteiger partial charge on any atom is 0.416 e. The van der Waals surface area contributed by atoms with E-state index in [2.05, 4.69) is 10.2 Å². The first-order valence-electron chi connectivity index (χ1n) is 9.99. The molecule has 6 nitrogen and oxygen atoms in total. The quantitative estimate of drug-likeness (QED) is 0.846. The molecular formula is C20H23F3N4O2. The van der Waals surface area contributed by atoms with Gasteiger partial charge in [0.15, 0.2) is 17.9 Å². The molecule has 1 aromatic heterocycles. The van der Waals surface area contributed by atoms with Gasteiger partial charge in [-0.15, -0.1) is 10.2 Å². The van der Waals surface area contributed by atoms with E-state index in [4.69, 9.17) is 4.74 Å². The van der Waals surface area contributed by atoms with E-state index in [1.165, 1.54) is 12.1 Å². The Balaban J connectivity index is 1.29. The molecule has 4 atom stereocenters. The molecule has 1 aromatic carbocycles. The van der Waals surface area contributed by atoms with Crippen molar-refractivity contribution in [2.75, 3.05) is 19.7 Å². The average Bonchev–Trinajstić information content (AvgIpc) is 3.39. The van der Waals surface area contributed by atoms with Gasteiger partial charge in [-0.3, -0.25) is 4.90 Å². The highest BCUT2D eigenvalue weighted by Gasteiger charge is 2.46. The van der Waals surface area contributed by atoms with Crippen LogP contribution >= 0.6 is 0 Å². The Bertz CT molecular complexity index is 886. The molecule has 2 unspecified atom stereocenters. The van der Waals surface area contributed by atoms with Crippen molar-refractivity contribution in [2.24, 2.45) is 11.8 Å². The third-order valence-electron chi connectivity index (χ3n) is 6.61. The predicted molar refractivity (Wildman–Crippen MR) is 96.6 cm³/mol. The van der Waals surface area contributed by atoms with Crippen LogP contribution in [-0.4, -0.2) is 44.5 Å². The number of fused-ring (bicyclic) bond motifs is 2. The molecule has 156 valence electrons. The van der Waals surface area contributed by atoms with E-state index in [0.29, 0.717) is 62.9 Å². The van der Waals surface area contributed by atoms with Gasteiger partial charge in [0.25, 0.3) is 0 Å². The summed E-state index contributed by atoms with van der Waals surface area (Å²) in [5, 5.41) is 19.1. The molecule has 0 amide bonds. The zero-order valence-electron chi connectivity index (χ0n) is 15.8. The van der Waals surface area contributed by atoms with Crippen LogP contribution in [-0.2, 0) is 24.1 Å². The smallest absolute Gasteiger partial charge is 0.372 e. The van der Waals surface area contributed by atoms with E-state index in [1.54, 1.807) is 12.1 Å². The summed E-state index contributed by atoms with van der Waals surface area (Å²) in [5.41, 5.74) is -0.104. The van der Waals surface area contributed by atoms with Crippen LogP contribution in [0.15, 0.2) is 24.3 Å². The van der Waals surface area contributed by atoms with Gasteiger partial charge in [-0.25, -0.2) is 0 Å². The van der Waals surface area contributed by atoms with Crippen molar-refractivity contribution in [2.45, 2.75) is 44.3 Å². The summed E-state index contributed by atoms with van der Waals surface area (Å²) in [4.78, 5) is 1.98. The molecule has 29 heavy (non-hydrogen) atoms. The molecule has 0 bridgehead atoms. The number of rotatable bonds is 3. The van der Waals surface area contributed by atoms with Gasteiger partial charge in [0.2, 0.25) is 0 Å². The fourth-order valence-corrected chi connectivity index (χ4v) is 5.27. The fraction of sp³-hybridized carbons (Fsp3) is 0.600. The first-order valence-corrected chi connectivity index (χ1v) is 9.99. The first kappa shape index (κ1) is 19.0. The largest absolute Gasteiger partial charge is 0.416 e. The molecule has 0 radical (unpaired) electrons. The summed E-state index contributed by atoms with van der Waals surface area (Å²) in [6.45, 7) is 2.90. The van der Waals surface area contributed by atoms with Gasteiger partial charge in [0.1, 0.15) is 6.61 Å². The minimum absolute atomic E-state index is 0.0832. The average molecular weight is 408 g/mol. The monoisotopic (exact) mass is 408 g/mol. The van der Waals surface area contributed by atoms with Gasteiger partial charge < -0.3 is 14.4 Å². The minimum atomic E-state index is -4.33. The van der Waals surface area contributed by atoms with Crippen LogP contribution in [0.2, 0.25) is 0 Å². The number of nitrogens with zero attached hydrogens (tertiary/aromatic N) is 4. The van der Waals surface area contributed by atoms with E-state index in [1.807, 2.05) is 9.47 Å². The van der Waals surface area contributed by atoms with Crippen molar-refractivity contribution in [3.63, 3.8) is 0 Å². The Labute approximate surface area is 166 Å². The summed E-state index contributed by atoms with van der Waals surface area (Å²) in [5.74, 6) is 1.72. The van der Waals surface area contributed by atoms with Gasteiger partial charge in [-0.1, -0.05) is 18.2 Å². The molecule has 3 aliphatic rings. The van der Waals surface area contributed by atoms with Gasteiger partial charge in [-0.2, -0.15) is 13.2 Å². The maximum absolute atomic E-state index is 13.4. The summed E-state index contributed by atoms with van der Waals surface area (Å²) >= 11 is 0. The summed E-state index contributed by atoms with van der Waals surface area (Å²) in [6, 6.07) is 5.93. The number of aromatic nitrogens is 3. The third-order valence-corrected chi connectivity index (χ3v) is 6.61. The molecule has 5 rings (SSSR count). The Hall–Kier alpha value is -1.97. The fourth-order valence-electron chi connectivity index (χ4n) is 5.27. The minimum Gasteiger partial charge on any atom is -0.372 e. The molecule has 2 aromatic rings. The molecule has 2 fully saturated rings. The molecule has 2 aliphatic heterocycles. The normalized spacial score (nSPS) is 28.3. The molecule has 1 aliphatic carbocycles. The number of hydrogen-bond donors (Lipinski definition) is 1. The van der Waals surface area contributed by atoms with E-state index in [9.17, 15) is 18.3 Å². The lowest BCUT2D eigenvalue weighted by Gasteiger charge is -2.26. The summed E-state index contributed by atoms with van der Waals surface area (Å²) < 4.78 is 47.4. The number of halogens is 3. The lowest BCUT2D eigenvalue weighted by atomic mass is 9.91. The van der Waals surface area contributed by atoms with Crippen molar-refractivity contribution < 1.29 is 23.0 Å². The topological polar surface area (TPSA) is 63.4 Å².